The summed E-state index contributed by atoms with van der Waals surface area (Å²) in [6, 6.07) is 15.2. The number of carbonyl (C=O) groups excluding carboxylic acids is 3. The topological polar surface area (TPSA) is 124 Å². The van der Waals surface area contributed by atoms with Gasteiger partial charge in [-0.2, -0.15) is 5.10 Å². The number of hydrogen-bond acceptors (Lipinski definition) is 8. The van der Waals surface area contributed by atoms with Crippen LogP contribution >= 0.6 is 0 Å². The lowest BCUT2D eigenvalue weighted by Gasteiger charge is -2.19. The molecule has 0 saturated heterocycles. The molecule has 2 amide bonds. The molecule has 0 saturated carbocycles. The Hall–Kier alpha value is -4.34. The molecule has 1 unspecified atom stereocenters. The van der Waals surface area contributed by atoms with E-state index in [9.17, 15) is 14.4 Å². The fourth-order valence-corrected chi connectivity index (χ4v) is 3.18. The largest absolute Gasteiger partial charge is 0.484 e. The Balaban J connectivity index is 1.26. The number of nitrogens with zero attached hydrogens (tertiary/aromatic N) is 2. The maximum Gasteiger partial charge on any atom is 0.325 e. The minimum Gasteiger partial charge on any atom is -0.484 e. The summed E-state index contributed by atoms with van der Waals surface area (Å²) in [5.74, 6) is -0.172. The predicted molar refractivity (Wildman–Crippen MR) is 114 cm³/mol. The molecule has 3 heterocycles. The molecule has 33 heavy (non-hydrogen) atoms. The van der Waals surface area contributed by atoms with Crippen molar-refractivity contribution < 1.29 is 32.7 Å². The van der Waals surface area contributed by atoms with E-state index in [1.54, 1.807) is 48.5 Å². The van der Waals surface area contributed by atoms with Crippen LogP contribution in [0.15, 0.2) is 81.1 Å². The minimum absolute atomic E-state index is 0.251. The van der Waals surface area contributed by atoms with Gasteiger partial charge < -0.3 is 23.6 Å². The summed E-state index contributed by atoms with van der Waals surface area (Å²) in [6.45, 7) is -1.19. The molecule has 0 bridgehead atoms. The van der Waals surface area contributed by atoms with Gasteiger partial charge in [0.05, 0.1) is 12.5 Å². The van der Waals surface area contributed by atoms with Gasteiger partial charge in [0.25, 0.3) is 11.8 Å². The Morgan fingerprint density at radius 2 is 1.79 bits per heavy atom. The van der Waals surface area contributed by atoms with Gasteiger partial charge in [0.1, 0.15) is 35.6 Å². The van der Waals surface area contributed by atoms with E-state index in [1.165, 1.54) is 17.5 Å². The van der Waals surface area contributed by atoms with Gasteiger partial charge in [0.15, 0.2) is 13.2 Å². The van der Waals surface area contributed by atoms with Crippen molar-refractivity contribution in [1.29, 1.82) is 0 Å². The summed E-state index contributed by atoms with van der Waals surface area (Å²) in [7, 11) is 0. The summed E-state index contributed by atoms with van der Waals surface area (Å²) < 4.78 is 21.1. The first-order chi connectivity index (χ1) is 16.1. The Labute approximate surface area is 188 Å². The van der Waals surface area contributed by atoms with Crippen LogP contribution in [0.1, 0.15) is 24.0 Å². The molecule has 1 atom stereocenters. The third-order valence-electron chi connectivity index (χ3n) is 4.74. The predicted octanol–water partition coefficient (Wildman–Crippen LogP) is 2.29. The molecule has 0 aliphatic carbocycles. The van der Waals surface area contributed by atoms with E-state index in [0.29, 0.717) is 29.4 Å². The number of hydrazone groups is 1. The molecular formula is C23H21N3O7. The van der Waals surface area contributed by atoms with E-state index in [0.717, 1.165) is 0 Å². The Morgan fingerprint density at radius 1 is 1.00 bits per heavy atom. The summed E-state index contributed by atoms with van der Waals surface area (Å²) in [5.41, 5.74) is 0.576. The van der Waals surface area contributed by atoms with Crippen molar-refractivity contribution in [2.24, 2.45) is 5.10 Å². The molecule has 170 valence electrons. The maximum absolute atomic E-state index is 12.7. The number of esters is 1. The van der Waals surface area contributed by atoms with Crippen LogP contribution in [0.25, 0.3) is 0 Å². The standard InChI is InChI=1S/C23H21N3O7/c27-21(14-32-16-6-2-1-3-7-16)24-13-23(29)33-15-22(28)26-18(20-9-5-11-31-20)12-17(25-26)19-8-4-10-30-19/h1-11,18H,12-15H2,(H,24,27). The van der Waals surface area contributed by atoms with Crippen molar-refractivity contribution in [1.82, 2.24) is 10.3 Å². The average molecular weight is 451 g/mol. The average Bonchev–Trinajstić information content (AvgIpc) is 3.61. The van der Waals surface area contributed by atoms with Crippen molar-refractivity contribution in [2.75, 3.05) is 19.8 Å². The number of furan rings is 2. The molecule has 10 heteroatoms. The number of amides is 2. The lowest BCUT2D eigenvalue weighted by atomic mass is 10.1. The summed E-state index contributed by atoms with van der Waals surface area (Å²) >= 11 is 0. The normalized spacial score (nSPS) is 15.1. The molecule has 10 nitrogen and oxygen atoms in total. The molecule has 4 rings (SSSR count). The summed E-state index contributed by atoms with van der Waals surface area (Å²) in [6.07, 6.45) is 3.41. The van der Waals surface area contributed by atoms with Crippen LogP contribution in [0, 0.1) is 0 Å². The SMILES string of the molecule is O=C(COc1ccccc1)NCC(=O)OCC(=O)N1N=C(c2ccco2)CC1c1ccco1. The van der Waals surface area contributed by atoms with Crippen LogP contribution in [0.2, 0.25) is 0 Å². The Kier molecular flexibility index (Phi) is 6.84. The number of carbonyl (C=O) groups is 3. The van der Waals surface area contributed by atoms with E-state index >= 15 is 0 Å². The van der Waals surface area contributed by atoms with Gasteiger partial charge in [-0.25, -0.2) is 5.01 Å². The summed E-state index contributed by atoms with van der Waals surface area (Å²) in [4.78, 5) is 36.5. The van der Waals surface area contributed by atoms with Crippen molar-refractivity contribution in [2.45, 2.75) is 12.5 Å². The van der Waals surface area contributed by atoms with Gasteiger partial charge in [-0.15, -0.1) is 0 Å². The highest BCUT2D eigenvalue weighted by Gasteiger charge is 2.36. The van der Waals surface area contributed by atoms with E-state index in [2.05, 4.69) is 10.4 Å². The van der Waals surface area contributed by atoms with Crippen LogP contribution in [0.5, 0.6) is 5.75 Å². The Bertz CT molecular complexity index is 1110. The highest BCUT2D eigenvalue weighted by molar-refractivity contribution is 6.01. The van der Waals surface area contributed by atoms with E-state index in [4.69, 9.17) is 18.3 Å². The quantitative estimate of drug-likeness (QED) is 0.495. The number of ether oxygens (including phenoxy) is 2. The van der Waals surface area contributed by atoms with Crippen LogP contribution in [0.4, 0.5) is 0 Å². The number of hydrogen-bond donors (Lipinski definition) is 1. The number of benzene rings is 1. The zero-order valence-corrected chi connectivity index (χ0v) is 17.5. The maximum atomic E-state index is 12.7. The van der Waals surface area contributed by atoms with Gasteiger partial charge in [-0.3, -0.25) is 14.4 Å². The fraction of sp³-hybridized carbons (Fsp3) is 0.217. The number of rotatable bonds is 9. The fourth-order valence-electron chi connectivity index (χ4n) is 3.18. The van der Waals surface area contributed by atoms with Crippen LogP contribution < -0.4 is 10.1 Å². The molecule has 0 radical (unpaired) electrons. The number of nitrogens with one attached hydrogen (secondary N) is 1. The monoisotopic (exact) mass is 451 g/mol. The van der Waals surface area contributed by atoms with Crippen molar-refractivity contribution in [3.05, 3.63) is 78.6 Å². The lowest BCUT2D eigenvalue weighted by molar-refractivity contribution is -0.152. The first kappa shape index (κ1) is 21.9. The highest BCUT2D eigenvalue weighted by Crippen LogP contribution is 2.33. The van der Waals surface area contributed by atoms with Crippen LogP contribution in [-0.2, 0) is 19.1 Å². The Morgan fingerprint density at radius 3 is 2.52 bits per heavy atom. The van der Waals surface area contributed by atoms with E-state index in [1.807, 2.05) is 6.07 Å². The second-order valence-electron chi connectivity index (χ2n) is 7.04. The lowest BCUT2D eigenvalue weighted by Crippen LogP contribution is -2.36. The third-order valence-corrected chi connectivity index (χ3v) is 4.74. The van der Waals surface area contributed by atoms with Gasteiger partial charge in [0, 0.05) is 6.42 Å². The van der Waals surface area contributed by atoms with Crippen LogP contribution in [0.3, 0.4) is 0 Å². The van der Waals surface area contributed by atoms with Gasteiger partial charge in [-0.1, -0.05) is 18.2 Å². The van der Waals surface area contributed by atoms with Crippen molar-refractivity contribution in [3.63, 3.8) is 0 Å². The van der Waals surface area contributed by atoms with Gasteiger partial charge >= 0.3 is 5.97 Å². The second kappa shape index (κ2) is 10.3. The zero-order chi connectivity index (χ0) is 23.0. The van der Waals surface area contributed by atoms with Crippen molar-refractivity contribution in [3.8, 4) is 5.75 Å². The molecule has 1 aliphatic rings. The smallest absolute Gasteiger partial charge is 0.325 e. The number of para-hydroxylation sites is 1. The molecule has 0 spiro atoms. The first-order valence-electron chi connectivity index (χ1n) is 10.2. The second-order valence-corrected chi connectivity index (χ2v) is 7.04. The minimum atomic E-state index is -0.764. The molecule has 3 aromatic rings. The molecule has 1 aromatic carbocycles. The molecule has 1 N–H and O–H groups in total. The third kappa shape index (κ3) is 5.67. The van der Waals surface area contributed by atoms with Crippen LogP contribution in [-0.4, -0.2) is 48.3 Å². The first-order valence-corrected chi connectivity index (χ1v) is 10.2. The zero-order valence-electron chi connectivity index (χ0n) is 17.5. The molecule has 2 aromatic heterocycles. The summed E-state index contributed by atoms with van der Waals surface area (Å²) in [5, 5.41) is 7.95. The molecular weight excluding hydrogens is 430 g/mol. The molecule has 0 fully saturated rings. The molecule has 1 aliphatic heterocycles. The highest BCUT2D eigenvalue weighted by atomic mass is 16.5. The van der Waals surface area contributed by atoms with Crippen molar-refractivity contribution >= 4 is 23.5 Å². The van der Waals surface area contributed by atoms with Gasteiger partial charge in [0.2, 0.25) is 0 Å². The van der Waals surface area contributed by atoms with Gasteiger partial charge in [-0.05, 0) is 36.4 Å². The van der Waals surface area contributed by atoms with E-state index in [-0.39, 0.29) is 6.61 Å². The van der Waals surface area contributed by atoms with E-state index < -0.39 is 37.0 Å².